The first-order chi connectivity index (χ1) is 7.70. The number of nitrogens with zero attached hydrogens (tertiary/aromatic N) is 4. The third-order valence-corrected chi connectivity index (χ3v) is 2.15. The number of aryl methyl sites for hydroxylation is 2. The van der Waals surface area contributed by atoms with E-state index in [9.17, 15) is 0 Å². The van der Waals surface area contributed by atoms with E-state index in [4.69, 9.17) is 4.74 Å². The predicted octanol–water partition coefficient (Wildman–Crippen LogP) is 1.68. The van der Waals surface area contributed by atoms with E-state index < -0.39 is 0 Å². The van der Waals surface area contributed by atoms with Crippen LogP contribution >= 0.6 is 0 Å². The molecule has 5 heteroatoms. The summed E-state index contributed by atoms with van der Waals surface area (Å²) >= 11 is 0. The largest absolute Gasteiger partial charge is 0.478 e. The molecule has 2 aromatic heterocycles. The van der Waals surface area contributed by atoms with Gasteiger partial charge in [0.15, 0.2) is 5.82 Å². The zero-order chi connectivity index (χ0) is 11.5. The molecule has 0 aliphatic rings. The van der Waals surface area contributed by atoms with Gasteiger partial charge in [0, 0.05) is 11.8 Å². The molecule has 0 aromatic carbocycles. The summed E-state index contributed by atoms with van der Waals surface area (Å²) < 4.78 is 7.10. The van der Waals surface area contributed by atoms with Gasteiger partial charge in [0.25, 0.3) is 0 Å². The molecule has 0 amide bonds. The highest BCUT2D eigenvalue weighted by Gasteiger charge is 2.06. The van der Waals surface area contributed by atoms with E-state index in [0.29, 0.717) is 12.5 Å². The molecule has 0 fully saturated rings. The zero-order valence-electron chi connectivity index (χ0n) is 9.64. The maximum Gasteiger partial charge on any atom is 0.218 e. The van der Waals surface area contributed by atoms with Crippen LogP contribution in [0.2, 0.25) is 0 Å². The van der Waals surface area contributed by atoms with Crippen LogP contribution in [0.25, 0.3) is 5.82 Å². The van der Waals surface area contributed by atoms with Gasteiger partial charge in [-0.1, -0.05) is 0 Å². The Labute approximate surface area is 94.1 Å². The summed E-state index contributed by atoms with van der Waals surface area (Å²) in [6.07, 6.45) is 1.48. The van der Waals surface area contributed by atoms with E-state index in [1.165, 1.54) is 6.33 Å². The van der Waals surface area contributed by atoms with Gasteiger partial charge < -0.3 is 4.74 Å². The maximum absolute atomic E-state index is 5.32. The van der Waals surface area contributed by atoms with E-state index in [2.05, 4.69) is 15.1 Å². The molecule has 2 rings (SSSR count). The summed E-state index contributed by atoms with van der Waals surface area (Å²) in [5.41, 5.74) is 2.01. The molecule has 2 aromatic rings. The summed E-state index contributed by atoms with van der Waals surface area (Å²) in [6, 6.07) is 3.78. The first kappa shape index (κ1) is 10.6. The summed E-state index contributed by atoms with van der Waals surface area (Å²) in [5.74, 6) is 1.30. The molecule has 5 nitrogen and oxygen atoms in total. The Morgan fingerprint density at radius 1 is 1.25 bits per heavy atom. The van der Waals surface area contributed by atoms with Crippen LogP contribution in [0.1, 0.15) is 18.3 Å². The second kappa shape index (κ2) is 4.30. The van der Waals surface area contributed by atoms with Gasteiger partial charge in [-0.15, -0.1) is 0 Å². The smallest absolute Gasteiger partial charge is 0.218 e. The van der Waals surface area contributed by atoms with Crippen molar-refractivity contribution in [2.45, 2.75) is 20.8 Å². The number of hydrogen-bond donors (Lipinski definition) is 0. The van der Waals surface area contributed by atoms with Crippen LogP contribution in [0, 0.1) is 13.8 Å². The fourth-order valence-electron chi connectivity index (χ4n) is 1.53. The van der Waals surface area contributed by atoms with Gasteiger partial charge in [0.1, 0.15) is 6.33 Å². The zero-order valence-corrected chi connectivity index (χ0v) is 9.64. The molecule has 0 aliphatic heterocycles. The van der Waals surface area contributed by atoms with Crippen LogP contribution in [-0.4, -0.2) is 26.4 Å². The fraction of sp³-hybridized carbons (Fsp3) is 0.364. The van der Waals surface area contributed by atoms with Crippen molar-refractivity contribution in [2.75, 3.05) is 6.61 Å². The molecule has 16 heavy (non-hydrogen) atoms. The second-order valence-electron chi connectivity index (χ2n) is 3.49. The number of aromatic nitrogens is 4. The third kappa shape index (κ3) is 2.03. The fourth-order valence-corrected chi connectivity index (χ4v) is 1.53. The van der Waals surface area contributed by atoms with Crippen LogP contribution in [0.4, 0.5) is 0 Å². The molecule has 84 valence electrons. The Morgan fingerprint density at radius 3 is 2.69 bits per heavy atom. The normalized spacial score (nSPS) is 10.4. The predicted molar refractivity (Wildman–Crippen MR) is 59.8 cm³/mol. The second-order valence-corrected chi connectivity index (χ2v) is 3.49. The summed E-state index contributed by atoms with van der Waals surface area (Å²) in [6.45, 7) is 6.45. The first-order valence-corrected chi connectivity index (χ1v) is 5.19. The summed E-state index contributed by atoms with van der Waals surface area (Å²) in [7, 11) is 0. The minimum atomic E-state index is 0.569. The summed E-state index contributed by atoms with van der Waals surface area (Å²) in [4.78, 5) is 8.19. The molecular weight excluding hydrogens is 204 g/mol. The van der Waals surface area contributed by atoms with Crippen LogP contribution in [0.15, 0.2) is 18.5 Å². The van der Waals surface area contributed by atoms with Gasteiger partial charge >= 0.3 is 0 Å². The lowest BCUT2D eigenvalue weighted by molar-refractivity contribution is 0.326. The molecule has 0 radical (unpaired) electrons. The van der Waals surface area contributed by atoms with Crippen molar-refractivity contribution in [3.8, 4) is 11.7 Å². The number of rotatable bonds is 3. The van der Waals surface area contributed by atoms with E-state index in [1.807, 2.05) is 26.8 Å². The lowest BCUT2D eigenvalue weighted by atomic mass is 10.4. The highest BCUT2D eigenvalue weighted by atomic mass is 16.5. The third-order valence-electron chi connectivity index (χ3n) is 2.15. The van der Waals surface area contributed by atoms with E-state index in [-0.39, 0.29) is 0 Å². The molecule has 0 saturated heterocycles. The Morgan fingerprint density at radius 2 is 2.06 bits per heavy atom. The maximum atomic E-state index is 5.32. The van der Waals surface area contributed by atoms with Crippen molar-refractivity contribution in [2.24, 2.45) is 0 Å². The van der Waals surface area contributed by atoms with Gasteiger partial charge in [0.2, 0.25) is 5.88 Å². The van der Waals surface area contributed by atoms with Crippen LogP contribution in [0.3, 0.4) is 0 Å². The lowest BCUT2D eigenvalue weighted by Gasteiger charge is -2.05. The van der Waals surface area contributed by atoms with Gasteiger partial charge in [0.05, 0.1) is 12.3 Å². The van der Waals surface area contributed by atoms with Crippen LogP contribution < -0.4 is 4.74 Å². The molecule has 0 unspecified atom stereocenters. The SMILES string of the molecule is CCOc1cc(-n2nc(C)cc2C)ncn1. The molecule has 0 bridgehead atoms. The Balaban J connectivity index is 2.40. The van der Waals surface area contributed by atoms with Gasteiger partial charge in [-0.05, 0) is 26.8 Å². The highest BCUT2D eigenvalue weighted by Crippen LogP contribution is 2.13. The topological polar surface area (TPSA) is 52.8 Å². The van der Waals surface area contributed by atoms with E-state index in [1.54, 1.807) is 10.7 Å². The minimum Gasteiger partial charge on any atom is -0.478 e. The van der Waals surface area contributed by atoms with Crippen molar-refractivity contribution in [1.82, 2.24) is 19.7 Å². The average molecular weight is 218 g/mol. The highest BCUT2D eigenvalue weighted by molar-refractivity contribution is 5.28. The standard InChI is InChI=1S/C11H14N4O/c1-4-16-11-6-10(12-7-13-11)15-9(3)5-8(2)14-15/h5-7H,4H2,1-3H3. The van der Waals surface area contributed by atoms with Crippen molar-refractivity contribution < 1.29 is 4.74 Å². The summed E-state index contributed by atoms with van der Waals surface area (Å²) in [5, 5.41) is 4.35. The van der Waals surface area contributed by atoms with Gasteiger partial charge in [-0.25, -0.2) is 14.6 Å². The minimum absolute atomic E-state index is 0.569. The van der Waals surface area contributed by atoms with Crippen LogP contribution in [-0.2, 0) is 0 Å². The lowest BCUT2D eigenvalue weighted by Crippen LogP contribution is -2.04. The van der Waals surface area contributed by atoms with E-state index >= 15 is 0 Å². The van der Waals surface area contributed by atoms with Crippen molar-refractivity contribution in [3.63, 3.8) is 0 Å². The van der Waals surface area contributed by atoms with Crippen LogP contribution in [0.5, 0.6) is 5.88 Å². The average Bonchev–Trinajstić information content (AvgIpc) is 2.59. The first-order valence-electron chi connectivity index (χ1n) is 5.19. The molecule has 0 N–H and O–H groups in total. The molecule has 0 spiro atoms. The van der Waals surface area contributed by atoms with Crippen molar-refractivity contribution in [1.29, 1.82) is 0 Å². The van der Waals surface area contributed by atoms with Gasteiger partial charge in [-0.3, -0.25) is 0 Å². The molecule has 0 aliphatic carbocycles. The molecule has 0 atom stereocenters. The molecule has 2 heterocycles. The van der Waals surface area contributed by atoms with Crippen molar-refractivity contribution in [3.05, 3.63) is 29.8 Å². The molecule has 0 saturated carbocycles. The molecular formula is C11H14N4O. The number of ether oxygens (including phenoxy) is 1. The quantitative estimate of drug-likeness (QED) is 0.786. The Kier molecular flexibility index (Phi) is 2.85. The van der Waals surface area contributed by atoms with Crippen molar-refractivity contribution >= 4 is 0 Å². The number of hydrogen-bond acceptors (Lipinski definition) is 4. The Bertz CT molecular complexity index is 492. The Hall–Kier alpha value is -1.91. The van der Waals surface area contributed by atoms with E-state index in [0.717, 1.165) is 17.2 Å². The van der Waals surface area contributed by atoms with Gasteiger partial charge in [-0.2, -0.15) is 5.10 Å². The monoisotopic (exact) mass is 218 g/mol.